The van der Waals surface area contributed by atoms with Crippen LogP contribution in [0.4, 0.5) is 0 Å². The SMILES string of the molecule is O=C([Se]c1ccccc1)C(CCc1ccccc1)OCCI. The van der Waals surface area contributed by atoms with Crippen molar-refractivity contribution in [3.8, 4) is 0 Å². The molecule has 0 saturated carbocycles. The molecule has 116 valence electrons. The van der Waals surface area contributed by atoms with Gasteiger partial charge in [0.05, 0.1) is 0 Å². The summed E-state index contributed by atoms with van der Waals surface area (Å²) in [5.74, 6) is 0. The van der Waals surface area contributed by atoms with Crippen molar-refractivity contribution in [2.24, 2.45) is 0 Å². The van der Waals surface area contributed by atoms with Gasteiger partial charge in [-0.15, -0.1) is 0 Å². The van der Waals surface area contributed by atoms with Crippen LogP contribution in [0.25, 0.3) is 0 Å². The maximum absolute atomic E-state index is 12.5. The molecule has 2 rings (SSSR count). The summed E-state index contributed by atoms with van der Waals surface area (Å²) < 4.78 is 8.06. The standard InChI is InChI=1S/C18H19IO2Se/c19-13-14-21-17(12-11-15-7-3-1-4-8-15)18(20)22-16-9-5-2-6-10-16/h1-10,17H,11-14H2. The molecule has 0 N–H and O–H groups in total. The van der Waals surface area contributed by atoms with E-state index in [1.807, 2.05) is 48.5 Å². The topological polar surface area (TPSA) is 26.3 Å². The number of carbonyl (C=O) groups excluding carboxylic acids is 1. The van der Waals surface area contributed by atoms with Crippen molar-refractivity contribution in [1.29, 1.82) is 0 Å². The number of alkyl halides is 1. The van der Waals surface area contributed by atoms with Gasteiger partial charge >= 0.3 is 152 Å². The van der Waals surface area contributed by atoms with Gasteiger partial charge in [-0.1, -0.05) is 0 Å². The molecule has 0 spiro atoms. The summed E-state index contributed by atoms with van der Waals surface area (Å²) in [4.78, 5) is 12.5. The van der Waals surface area contributed by atoms with E-state index in [9.17, 15) is 4.79 Å². The molecule has 0 aliphatic heterocycles. The Kier molecular flexibility index (Phi) is 8.16. The summed E-state index contributed by atoms with van der Waals surface area (Å²) in [5.41, 5.74) is 1.26. The molecule has 0 amide bonds. The third-order valence-electron chi connectivity index (χ3n) is 3.16. The molecule has 0 aliphatic rings. The van der Waals surface area contributed by atoms with E-state index in [0.29, 0.717) is 6.61 Å². The van der Waals surface area contributed by atoms with Gasteiger partial charge in [0.15, 0.2) is 0 Å². The average molecular weight is 473 g/mol. The van der Waals surface area contributed by atoms with E-state index in [0.717, 1.165) is 21.7 Å². The van der Waals surface area contributed by atoms with Gasteiger partial charge < -0.3 is 0 Å². The Morgan fingerprint density at radius 1 is 1.05 bits per heavy atom. The van der Waals surface area contributed by atoms with E-state index in [1.165, 1.54) is 5.56 Å². The van der Waals surface area contributed by atoms with Crippen LogP contribution in [0.1, 0.15) is 12.0 Å². The van der Waals surface area contributed by atoms with Crippen molar-refractivity contribution in [1.82, 2.24) is 0 Å². The van der Waals surface area contributed by atoms with Gasteiger partial charge in [-0.05, 0) is 0 Å². The predicted octanol–water partition coefficient (Wildman–Crippen LogP) is 3.00. The first-order valence-corrected chi connectivity index (χ1v) is 10.5. The van der Waals surface area contributed by atoms with Gasteiger partial charge in [-0.3, -0.25) is 0 Å². The maximum atomic E-state index is 12.5. The second-order valence-corrected chi connectivity index (χ2v) is 8.15. The fourth-order valence-corrected chi connectivity index (χ4v) is 4.09. The summed E-state index contributed by atoms with van der Waals surface area (Å²) in [7, 11) is 0. The Morgan fingerprint density at radius 2 is 1.68 bits per heavy atom. The number of aryl methyl sites for hydroxylation is 1. The molecule has 0 saturated heterocycles. The van der Waals surface area contributed by atoms with Crippen LogP contribution in [0.2, 0.25) is 0 Å². The van der Waals surface area contributed by atoms with Crippen molar-refractivity contribution in [3.05, 3.63) is 66.2 Å². The van der Waals surface area contributed by atoms with Crippen molar-refractivity contribution >= 4 is 46.7 Å². The molecule has 0 bridgehead atoms. The van der Waals surface area contributed by atoms with E-state index in [-0.39, 0.29) is 25.7 Å². The summed E-state index contributed by atoms with van der Waals surface area (Å²) in [6.45, 7) is 0.636. The second kappa shape index (κ2) is 10.2. The summed E-state index contributed by atoms with van der Waals surface area (Å²) >= 11 is 2.10. The zero-order valence-electron chi connectivity index (χ0n) is 12.3. The molecule has 2 aromatic rings. The first-order valence-electron chi connectivity index (χ1n) is 7.28. The molecular weight excluding hydrogens is 454 g/mol. The molecule has 0 fully saturated rings. The quantitative estimate of drug-likeness (QED) is 0.318. The van der Waals surface area contributed by atoms with E-state index >= 15 is 0 Å². The number of benzene rings is 2. The van der Waals surface area contributed by atoms with E-state index in [4.69, 9.17) is 4.74 Å². The summed E-state index contributed by atoms with van der Waals surface area (Å²) in [6, 6.07) is 20.3. The number of ether oxygens (including phenoxy) is 1. The minimum atomic E-state index is -0.282. The molecule has 4 heteroatoms. The molecule has 0 heterocycles. The van der Waals surface area contributed by atoms with E-state index in [1.54, 1.807) is 0 Å². The molecule has 0 aromatic heterocycles. The van der Waals surface area contributed by atoms with Gasteiger partial charge in [0.25, 0.3) is 0 Å². The Labute approximate surface area is 151 Å². The molecule has 22 heavy (non-hydrogen) atoms. The van der Waals surface area contributed by atoms with Crippen molar-refractivity contribution < 1.29 is 9.53 Å². The number of carbonyl (C=O) groups is 1. The van der Waals surface area contributed by atoms with Crippen LogP contribution in [0.5, 0.6) is 0 Å². The molecular formula is C18H19IO2Se. The molecule has 2 aromatic carbocycles. The first kappa shape index (κ1) is 17.7. The average Bonchev–Trinajstić information content (AvgIpc) is 2.56. The number of halogens is 1. The molecule has 0 radical (unpaired) electrons. The Hall–Kier alpha value is -0.681. The van der Waals surface area contributed by atoms with Crippen molar-refractivity contribution in [2.45, 2.75) is 18.9 Å². The van der Waals surface area contributed by atoms with Gasteiger partial charge in [-0.25, -0.2) is 0 Å². The third kappa shape index (κ3) is 6.21. The monoisotopic (exact) mass is 474 g/mol. The minimum absolute atomic E-state index is 0.173. The Bertz CT molecular complexity index is 560. The molecule has 0 aliphatic carbocycles. The van der Waals surface area contributed by atoms with Crippen LogP contribution in [0.3, 0.4) is 0 Å². The van der Waals surface area contributed by atoms with Crippen molar-refractivity contribution in [2.75, 3.05) is 11.0 Å². The normalized spacial score (nSPS) is 12.0. The Balaban J connectivity index is 1.94. The first-order chi connectivity index (χ1) is 10.8. The van der Waals surface area contributed by atoms with Gasteiger partial charge in [0, 0.05) is 0 Å². The van der Waals surface area contributed by atoms with Crippen LogP contribution < -0.4 is 4.46 Å². The number of hydrogen-bond donors (Lipinski definition) is 0. The van der Waals surface area contributed by atoms with Crippen LogP contribution in [0, 0.1) is 0 Å². The zero-order valence-corrected chi connectivity index (χ0v) is 16.2. The van der Waals surface area contributed by atoms with E-state index in [2.05, 4.69) is 34.7 Å². The Morgan fingerprint density at radius 3 is 2.32 bits per heavy atom. The summed E-state index contributed by atoms with van der Waals surface area (Å²) in [5, 5.41) is 0. The van der Waals surface area contributed by atoms with E-state index < -0.39 is 0 Å². The molecule has 1 unspecified atom stereocenters. The fourth-order valence-electron chi connectivity index (χ4n) is 2.07. The number of rotatable bonds is 9. The van der Waals surface area contributed by atoms with Gasteiger partial charge in [0.1, 0.15) is 0 Å². The molecule has 1 atom stereocenters. The third-order valence-corrected chi connectivity index (χ3v) is 5.64. The molecule has 2 nitrogen and oxygen atoms in total. The second-order valence-electron chi connectivity index (χ2n) is 4.81. The van der Waals surface area contributed by atoms with Crippen LogP contribution in [0.15, 0.2) is 60.7 Å². The van der Waals surface area contributed by atoms with Crippen LogP contribution in [-0.4, -0.2) is 36.8 Å². The van der Waals surface area contributed by atoms with Crippen LogP contribution in [-0.2, 0) is 16.0 Å². The zero-order chi connectivity index (χ0) is 15.6. The van der Waals surface area contributed by atoms with Gasteiger partial charge in [-0.2, -0.15) is 0 Å². The fraction of sp³-hybridized carbons (Fsp3) is 0.278. The number of hydrogen-bond acceptors (Lipinski definition) is 2. The van der Waals surface area contributed by atoms with Crippen LogP contribution >= 0.6 is 22.6 Å². The van der Waals surface area contributed by atoms with Gasteiger partial charge in [0.2, 0.25) is 0 Å². The predicted molar refractivity (Wildman–Crippen MR) is 100 cm³/mol. The van der Waals surface area contributed by atoms with Crippen molar-refractivity contribution in [3.63, 3.8) is 0 Å². The summed E-state index contributed by atoms with van der Waals surface area (Å²) in [6.07, 6.45) is 1.35.